The van der Waals surface area contributed by atoms with Gasteiger partial charge < -0.3 is 0 Å². The van der Waals surface area contributed by atoms with E-state index in [9.17, 15) is 4.79 Å². The molecule has 0 fully saturated rings. The van der Waals surface area contributed by atoms with E-state index in [1.165, 1.54) is 23.3 Å². The Morgan fingerprint density at radius 3 is 2.92 bits per heavy atom. The van der Waals surface area contributed by atoms with Gasteiger partial charge in [-0.3, -0.25) is 4.79 Å². The Labute approximate surface area is 86.7 Å². The van der Waals surface area contributed by atoms with E-state index in [1.807, 2.05) is 6.07 Å². The minimum atomic E-state index is 0.0704. The SMILES string of the molecule is O=C(CCl)c1cc2c(s1)CCCC2. The maximum atomic E-state index is 11.3. The molecule has 0 spiro atoms. The molecule has 0 saturated heterocycles. The number of hydrogen-bond acceptors (Lipinski definition) is 2. The van der Waals surface area contributed by atoms with Crippen molar-refractivity contribution in [3.8, 4) is 0 Å². The summed E-state index contributed by atoms with van der Waals surface area (Å²) in [6.45, 7) is 0. The molecule has 1 aliphatic rings. The summed E-state index contributed by atoms with van der Waals surface area (Å²) in [6, 6.07) is 2.03. The van der Waals surface area contributed by atoms with E-state index in [0.29, 0.717) is 0 Å². The van der Waals surface area contributed by atoms with Gasteiger partial charge in [0.25, 0.3) is 0 Å². The van der Waals surface area contributed by atoms with Crippen LogP contribution in [0.4, 0.5) is 0 Å². The molecule has 2 rings (SSSR count). The number of hydrogen-bond donors (Lipinski definition) is 0. The van der Waals surface area contributed by atoms with Crippen LogP contribution in [-0.4, -0.2) is 11.7 Å². The summed E-state index contributed by atoms with van der Waals surface area (Å²) in [5.74, 6) is 0.181. The molecule has 13 heavy (non-hydrogen) atoms. The van der Waals surface area contributed by atoms with Crippen LogP contribution in [0, 0.1) is 0 Å². The maximum absolute atomic E-state index is 11.3. The second kappa shape index (κ2) is 3.81. The third-order valence-electron chi connectivity index (χ3n) is 2.39. The highest BCUT2D eigenvalue weighted by Gasteiger charge is 2.16. The Kier molecular flexibility index (Phi) is 2.70. The number of Topliss-reactive ketones (excluding diaryl/α,β-unsaturated/α-hetero) is 1. The van der Waals surface area contributed by atoms with Crippen molar-refractivity contribution in [2.45, 2.75) is 25.7 Å². The summed E-state index contributed by atoms with van der Waals surface area (Å²) in [7, 11) is 0. The van der Waals surface area contributed by atoms with Gasteiger partial charge in [0.15, 0.2) is 5.78 Å². The number of aryl methyl sites for hydroxylation is 2. The molecule has 0 aromatic carbocycles. The fourth-order valence-corrected chi connectivity index (χ4v) is 3.11. The van der Waals surface area contributed by atoms with Gasteiger partial charge in [0.2, 0.25) is 0 Å². The molecule has 0 saturated carbocycles. The number of halogens is 1. The summed E-state index contributed by atoms with van der Waals surface area (Å²) >= 11 is 7.14. The number of ketones is 1. The molecule has 0 radical (unpaired) electrons. The second-order valence-electron chi connectivity index (χ2n) is 3.32. The van der Waals surface area contributed by atoms with E-state index in [1.54, 1.807) is 11.3 Å². The summed E-state index contributed by atoms with van der Waals surface area (Å²) < 4.78 is 0. The first-order chi connectivity index (χ1) is 6.31. The van der Waals surface area contributed by atoms with Crippen LogP contribution in [-0.2, 0) is 12.8 Å². The zero-order chi connectivity index (χ0) is 9.26. The molecule has 0 N–H and O–H groups in total. The molecule has 1 nitrogen and oxygen atoms in total. The van der Waals surface area contributed by atoms with E-state index >= 15 is 0 Å². The third-order valence-corrected chi connectivity index (χ3v) is 3.91. The van der Waals surface area contributed by atoms with Gasteiger partial charge in [-0.25, -0.2) is 0 Å². The van der Waals surface area contributed by atoms with Crippen molar-refractivity contribution >= 4 is 28.7 Å². The minimum Gasteiger partial charge on any atom is -0.292 e. The van der Waals surface area contributed by atoms with Gasteiger partial charge in [-0.05, 0) is 37.3 Å². The predicted octanol–water partition coefficient (Wildman–Crippen LogP) is 3.05. The molecule has 0 amide bonds. The first kappa shape index (κ1) is 9.22. The molecule has 0 atom stereocenters. The summed E-state index contributed by atoms with van der Waals surface area (Å²) in [4.78, 5) is 13.6. The fraction of sp³-hybridized carbons (Fsp3) is 0.500. The van der Waals surface area contributed by atoms with Crippen molar-refractivity contribution in [1.29, 1.82) is 0 Å². The molecule has 1 heterocycles. The highest BCUT2D eigenvalue weighted by atomic mass is 35.5. The van der Waals surface area contributed by atoms with Gasteiger partial charge >= 0.3 is 0 Å². The van der Waals surface area contributed by atoms with E-state index in [-0.39, 0.29) is 11.7 Å². The van der Waals surface area contributed by atoms with Crippen LogP contribution < -0.4 is 0 Å². The molecular weight excluding hydrogens is 204 g/mol. The Balaban J connectivity index is 2.30. The molecule has 3 heteroatoms. The van der Waals surface area contributed by atoms with Crippen LogP contribution in [0.1, 0.15) is 33.0 Å². The van der Waals surface area contributed by atoms with Crippen LogP contribution in [0.25, 0.3) is 0 Å². The number of carbonyl (C=O) groups excluding carboxylic acids is 1. The zero-order valence-corrected chi connectivity index (χ0v) is 8.88. The van der Waals surface area contributed by atoms with Crippen molar-refractivity contribution in [3.05, 3.63) is 21.4 Å². The lowest BCUT2D eigenvalue weighted by molar-refractivity contribution is 0.102. The van der Waals surface area contributed by atoms with E-state index in [0.717, 1.165) is 17.7 Å². The molecular formula is C10H11ClOS. The highest BCUT2D eigenvalue weighted by Crippen LogP contribution is 2.29. The number of thiophene rings is 1. The maximum Gasteiger partial charge on any atom is 0.187 e. The average molecular weight is 215 g/mol. The molecule has 1 aliphatic carbocycles. The largest absolute Gasteiger partial charge is 0.292 e. The smallest absolute Gasteiger partial charge is 0.187 e. The molecule has 0 aliphatic heterocycles. The highest BCUT2D eigenvalue weighted by molar-refractivity contribution is 7.14. The fourth-order valence-electron chi connectivity index (χ4n) is 1.69. The Bertz CT molecular complexity index is 306. The second-order valence-corrected chi connectivity index (χ2v) is 4.73. The normalized spacial score (nSPS) is 15.5. The zero-order valence-electron chi connectivity index (χ0n) is 7.31. The van der Waals surface area contributed by atoms with Gasteiger partial charge in [0, 0.05) is 4.88 Å². The molecule has 1 aromatic heterocycles. The van der Waals surface area contributed by atoms with Crippen molar-refractivity contribution in [2.75, 3.05) is 5.88 Å². The predicted molar refractivity (Wildman–Crippen MR) is 56.0 cm³/mol. The quantitative estimate of drug-likeness (QED) is 0.546. The van der Waals surface area contributed by atoms with E-state index < -0.39 is 0 Å². The van der Waals surface area contributed by atoms with Gasteiger partial charge in [0.1, 0.15) is 0 Å². The van der Waals surface area contributed by atoms with Gasteiger partial charge in [0.05, 0.1) is 10.8 Å². The molecule has 1 aromatic rings. The average Bonchev–Trinajstić information content (AvgIpc) is 2.59. The summed E-state index contributed by atoms with van der Waals surface area (Å²) in [6.07, 6.45) is 4.82. The Morgan fingerprint density at radius 2 is 2.23 bits per heavy atom. The third kappa shape index (κ3) is 1.79. The number of carbonyl (C=O) groups is 1. The Hall–Kier alpha value is -0.340. The van der Waals surface area contributed by atoms with Crippen LogP contribution in [0.3, 0.4) is 0 Å². The standard InChI is InChI=1S/C10H11ClOS/c11-6-8(12)10-5-7-3-1-2-4-9(7)13-10/h5H,1-4,6H2. The number of fused-ring (bicyclic) bond motifs is 1. The number of alkyl halides is 1. The van der Waals surface area contributed by atoms with Crippen molar-refractivity contribution < 1.29 is 4.79 Å². The molecule has 0 bridgehead atoms. The summed E-state index contributed by atoms with van der Waals surface area (Å²) in [5.41, 5.74) is 1.38. The van der Waals surface area contributed by atoms with Crippen LogP contribution in [0.15, 0.2) is 6.07 Å². The minimum absolute atomic E-state index is 0.0704. The van der Waals surface area contributed by atoms with Gasteiger partial charge in [-0.15, -0.1) is 22.9 Å². The van der Waals surface area contributed by atoms with Crippen LogP contribution in [0.2, 0.25) is 0 Å². The van der Waals surface area contributed by atoms with Crippen molar-refractivity contribution in [1.82, 2.24) is 0 Å². The van der Waals surface area contributed by atoms with Gasteiger partial charge in [-0.2, -0.15) is 0 Å². The Morgan fingerprint density at radius 1 is 1.46 bits per heavy atom. The lowest BCUT2D eigenvalue weighted by Crippen LogP contribution is -1.97. The topological polar surface area (TPSA) is 17.1 Å². The van der Waals surface area contributed by atoms with E-state index in [4.69, 9.17) is 11.6 Å². The lowest BCUT2D eigenvalue weighted by Gasteiger charge is -2.08. The first-order valence-corrected chi connectivity index (χ1v) is 5.87. The summed E-state index contributed by atoms with van der Waals surface area (Å²) in [5, 5.41) is 0. The van der Waals surface area contributed by atoms with Gasteiger partial charge in [-0.1, -0.05) is 0 Å². The molecule has 0 unspecified atom stereocenters. The van der Waals surface area contributed by atoms with Crippen LogP contribution >= 0.6 is 22.9 Å². The molecule has 70 valence electrons. The van der Waals surface area contributed by atoms with Crippen molar-refractivity contribution in [3.63, 3.8) is 0 Å². The van der Waals surface area contributed by atoms with E-state index in [2.05, 4.69) is 0 Å². The monoisotopic (exact) mass is 214 g/mol. The lowest BCUT2D eigenvalue weighted by atomic mass is 9.99. The number of rotatable bonds is 2. The van der Waals surface area contributed by atoms with Crippen molar-refractivity contribution in [2.24, 2.45) is 0 Å². The van der Waals surface area contributed by atoms with Crippen LogP contribution in [0.5, 0.6) is 0 Å². The first-order valence-electron chi connectivity index (χ1n) is 4.52.